The highest BCUT2D eigenvalue weighted by Crippen LogP contribution is 2.26. The molecule has 0 amide bonds. The fourth-order valence-electron chi connectivity index (χ4n) is 2.66. The number of aliphatic hydroxyl groups is 1. The molecule has 5 nitrogen and oxygen atoms in total. The monoisotopic (exact) mass is 267 g/mol. The molecule has 0 radical (unpaired) electrons. The topological polar surface area (TPSA) is 82.7 Å². The molecule has 2 rings (SSSR count). The average molecular weight is 267 g/mol. The van der Waals surface area contributed by atoms with E-state index in [1.165, 1.54) is 19.1 Å². The van der Waals surface area contributed by atoms with E-state index in [-0.39, 0.29) is 5.76 Å². The third kappa shape index (κ3) is 3.81. The largest absolute Gasteiger partial charge is 0.475 e. The van der Waals surface area contributed by atoms with E-state index in [0.717, 1.165) is 25.7 Å². The van der Waals surface area contributed by atoms with Gasteiger partial charge in [0.2, 0.25) is 5.76 Å². The van der Waals surface area contributed by atoms with Crippen molar-refractivity contribution in [3.05, 3.63) is 23.7 Å². The van der Waals surface area contributed by atoms with E-state index in [9.17, 15) is 9.90 Å². The molecule has 1 aromatic heterocycles. The van der Waals surface area contributed by atoms with Gasteiger partial charge < -0.3 is 19.9 Å². The van der Waals surface area contributed by atoms with Crippen molar-refractivity contribution in [2.75, 3.05) is 6.54 Å². The Hall–Kier alpha value is -1.33. The van der Waals surface area contributed by atoms with E-state index in [4.69, 9.17) is 9.52 Å². The summed E-state index contributed by atoms with van der Waals surface area (Å²) in [6.45, 7) is 0.900. The molecule has 0 aliphatic heterocycles. The first-order chi connectivity index (χ1) is 9.11. The Bertz CT molecular complexity index is 419. The van der Waals surface area contributed by atoms with Crippen molar-refractivity contribution in [2.24, 2.45) is 0 Å². The van der Waals surface area contributed by atoms with Crippen LogP contribution < -0.4 is 5.32 Å². The molecule has 5 heteroatoms. The van der Waals surface area contributed by atoms with Gasteiger partial charge in [-0.05, 0) is 18.9 Å². The van der Waals surface area contributed by atoms with Crippen molar-refractivity contribution in [3.63, 3.8) is 0 Å². The molecule has 1 fully saturated rings. The van der Waals surface area contributed by atoms with Gasteiger partial charge in [-0.3, -0.25) is 0 Å². The van der Waals surface area contributed by atoms with Gasteiger partial charge in [-0.1, -0.05) is 25.7 Å². The van der Waals surface area contributed by atoms with Gasteiger partial charge in [0.15, 0.2) is 0 Å². The third-order valence-electron chi connectivity index (χ3n) is 3.74. The molecule has 1 saturated carbocycles. The molecule has 0 aromatic carbocycles. The third-order valence-corrected chi connectivity index (χ3v) is 3.74. The minimum absolute atomic E-state index is 0.0274. The van der Waals surface area contributed by atoms with E-state index in [2.05, 4.69) is 5.32 Å². The normalized spacial score (nSPS) is 19.0. The predicted molar refractivity (Wildman–Crippen MR) is 70.0 cm³/mol. The fourth-order valence-corrected chi connectivity index (χ4v) is 2.66. The van der Waals surface area contributed by atoms with Gasteiger partial charge in [0, 0.05) is 18.7 Å². The van der Waals surface area contributed by atoms with Crippen LogP contribution in [0.3, 0.4) is 0 Å². The lowest BCUT2D eigenvalue weighted by molar-refractivity contribution is 0.0250. The standard InChI is InChI=1S/C14H21NO4/c16-13(17)12-11(5-8-19-12)9-15-10-14(18)6-3-1-2-4-7-14/h5,8,15,18H,1-4,6-7,9-10H2,(H,16,17). The summed E-state index contributed by atoms with van der Waals surface area (Å²) >= 11 is 0. The molecule has 1 aromatic rings. The molecule has 0 atom stereocenters. The fraction of sp³-hybridized carbons (Fsp3) is 0.643. The molecule has 0 unspecified atom stereocenters. The van der Waals surface area contributed by atoms with Crippen LogP contribution >= 0.6 is 0 Å². The maximum absolute atomic E-state index is 10.9. The molecular formula is C14H21NO4. The van der Waals surface area contributed by atoms with Gasteiger partial charge >= 0.3 is 5.97 Å². The first-order valence-corrected chi connectivity index (χ1v) is 6.83. The van der Waals surface area contributed by atoms with Gasteiger partial charge in [-0.15, -0.1) is 0 Å². The SMILES string of the molecule is O=C(O)c1occc1CNCC1(O)CCCCCC1. The molecule has 1 aliphatic rings. The van der Waals surface area contributed by atoms with Crippen molar-refractivity contribution in [1.82, 2.24) is 5.32 Å². The summed E-state index contributed by atoms with van der Waals surface area (Å²) in [6.07, 6.45) is 7.50. The lowest BCUT2D eigenvalue weighted by Crippen LogP contribution is -2.40. The van der Waals surface area contributed by atoms with Gasteiger partial charge in [0.25, 0.3) is 0 Å². The van der Waals surface area contributed by atoms with Crippen LogP contribution in [0.1, 0.15) is 54.6 Å². The molecule has 0 spiro atoms. The molecular weight excluding hydrogens is 246 g/mol. The second-order valence-electron chi connectivity index (χ2n) is 5.32. The van der Waals surface area contributed by atoms with E-state index in [1.54, 1.807) is 6.07 Å². The molecule has 1 heterocycles. The number of nitrogens with one attached hydrogen (secondary N) is 1. The minimum atomic E-state index is -1.06. The average Bonchev–Trinajstić information content (AvgIpc) is 2.72. The number of carboxylic acid groups (broad SMARTS) is 1. The second kappa shape index (κ2) is 6.21. The number of aromatic carboxylic acids is 1. The number of hydrogen-bond acceptors (Lipinski definition) is 4. The van der Waals surface area contributed by atoms with Crippen LogP contribution in [0.15, 0.2) is 16.7 Å². The maximum atomic E-state index is 10.9. The van der Waals surface area contributed by atoms with Gasteiger partial charge in [-0.2, -0.15) is 0 Å². The van der Waals surface area contributed by atoms with Crippen molar-refractivity contribution in [1.29, 1.82) is 0 Å². The van der Waals surface area contributed by atoms with E-state index >= 15 is 0 Å². The quantitative estimate of drug-likeness (QED) is 0.712. The lowest BCUT2D eigenvalue weighted by Gasteiger charge is -2.26. The highest BCUT2D eigenvalue weighted by Gasteiger charge is 2.27. The number of carbonyl (C=O) groups is 1. The molecule has 106 valence electrons. The molecule has 0 saturated heterocycles. The number of rotatable bonds is 5. The Morgan fingerprint density at radius 3 is 2.63 bits per heavy atom. The van der Waals surface area contributed by atoms with Crippen LogP contribution in [0, 0.1) is 0 Å². The highest BCUT2D eigenvalue weighted by atomic mass is 16.4. The van der Waals surface area contributed by atoms with Crippen LogP contribution in [-0.2, 0) is 6.54 Å². The summed E-state index contributed by atoms with van der Waals surface area (Å²) in [5, 5.41) is 22.5. The van der Waals surface area contributed by atoms with E-state index in [1.807, 2.05) is 0 Å². The summed E-state index contributed by atoms with van der Waals surface area (Å²) in [6, 6.07) is 1.65. The minimum Gasteiger partial charge on any atom is -0.475 e. The highest BCUT2D eigenvalue weighted by molar-refractivity contribution is 5.86. The molecule has 1 aliphatic carbocycles. The van der Waals surface area contributed by atoms with Crippen LogP contribution in [0.25, 0.3) is 0 Å². The van der Waals surface area contributed by atoms with Crippen molar-refractivity contribution in [2.45, 2.75) is 50.7 Å². The van der Waals surface area contributed by atoms with Crippen molar-refractivity contribution in [3.8, 4) is 0 Å². The van der Waals surface area contributed by atoms with Crippen LogP contribution in [0.5, 0.6) is 0 Å². The van der Waals surface area contributed by atoms with E-state index < -0.39 is 11.6 Å². The maximum Gasteiger partial charge on any atom is 0.372 e. The zero-order valence-corrected chi connectivity index (χ0v) is 11.0. The number of furan rings is 1. The van der Waals surface area contributed by atoms with Crippen LogP contribution in [-0.4, -0.2) is 28.3 Å². The smallest absolute Gasteiger partial charge is 0.372 e. The first kappa shape index (κ1) is 14.1. The summed E-state index contributed by atoms with van der Waals surface area (Å²) in [5.74, 6) is -1.09. The number of hydrogen-bond donors (Lipinski definition) is 3. The van der Waals surface area contributed by atoms with Crippen LogP contribution in [0.2, 0.25) is 0 Å². The Morgan fingerprint density at radius 2 is 2.00 bits per heavy atom. The molecule has 19 heavy (non-hydrogen) atoms. The molecule has 3 N–H and O–H groups in total. The van der Waals surface area contributed by atoms with Crippen molar-refractivity contribution >= 4 is 5.97 Å². The zero-order chi connectivity index (χ0) is 13.7. The Kier molecular flexibility index (Phi) is 4.61. The zero-order valence-electron chi connectivity index (χ0n) is 11.0. The second-order valence-corrected chi connectivity index (χ2v) is 5.32. The van der Waals surface area contributed by atoms with Gasteiger partial charge in [-0.25, -0.2) is 4.79 Å². The Morgan fingerprint density at radius 1 is 1.32 bits per heavy atom. The summed E-state index contributed by atoms with van der Waals surface area (Å²) in [4.78, 5) is 10.9. The van der Waals surface area contributed by atoms with E-state index in [0.29, 0.717) is 18.7 Å². The number of carboxylic acids is 1. The lowest BCUT2D eigenvalue weighted by atomic mass is 9.94. The van der Waals surface area contributed by atoms with Crippen molar-refractivity contribution < 1.29 is 19.4 Å². The molecule has 0 bridgehead atoms. The summed E-state index contributed by atoms with van der Waals surface area (Å²) in [7, 11) is 0. The van der Waals surface area contributed by atoms with Gasteiger partial charge in [0.1, 0.15) is 0 Å². The summed E-state index contributed by atoms with van der Waals surface area (Å²) < 4.78 is 4.91. The first-order valence-electron chi connectivity index (χ1n) is 6.83. The van der Waals surface area contributed by atoms with Crippen LogP contribution in [0.4, 0.5) is 0 Å². The predicted octanol–water partition coefficient (Wildman–Crippen LogP) is 2.15. The van der Waals surface area contributed by atoms with Gasteiger partial charge in [0.05, 0.1) is 11.9 Å². The summed E-state index contributed by atoms with van der Waals surface area (Å²) in [5.41, 5.74) is -0.0337. The Balaban J connectivity index is 1.85. The Labute approximate surface area is 112 Å².